The van der Waals surface area contributed by atoms with E-state index in [9.17, 15) is 19.2 Å². The fraction of sp³-hybridized carbons (Fsp3) is 0.423. The molecule has 372 valence electrons. The number of aromatic nitrogens is 10. The van der Waals surface area contributed by atoms with Crippen LogP contribution in [0.15, 0.2) is 85.7 Å². The molecular weight excluding hydrogens is 917 g/mol. The lowest BCUT2D eigenvalue weighted by Gasteiger charge is -2.55. The highest BCUT2D eigenvalue weighted by Crippen LogP contribution is 2.51. The van der Waals surface area contributed by atoms with Crippen LogP contribution < -0.4 is 20.1 Å². The van der Waals surface area contributed by atoms with Crippen molar-refractivity contribution in [3.8, 4) is 11.5 Å². The van der Waals surface area contributed by atoms with Crippen LogP contribution in [0.3, 0.4) is 0 Å². The van der Waals surface area contributed by atoms with Crippen LogP contribution in [0.25, 0.3) is 33.1 Å². The Kier molecular flexibility index (Phi) is 11.7. The van der Waals surface area contributed by atoms with E-state index in [0.717, 1.165) is 86.5 Å². The normalized spacial score (nSPS) is 21.0. The van der Waals surface area contributed by atoms with Crippen molar-refractivity contribution in [2.24, 2.45) is 22.7 Å². The summed E-state index contributed by atoms with van der Waals surface area (Å²) in [5.41, 5.74) is 4.24. The van der Waals surface area contributed by atoms with E-state index in [1.165, 1.54) is 0 Å². The highest BCUT2D eigenvalue weighted by molar-refractivity contribution is 6.09. The number of hydrogen-bond donors (Lipinski definition) is 2. The van der Waals surface area contributed by atoms with E-state index < -0.39 is 0 Å². The molecule has 0 unspecified atom stereocenters. The number of nitrogens with zero attached hydrogens (tertiary/aromatic N) is 12. The molecule has 20 nitrogen and oxygen atoms in total. The van der Waals surface area contributed by atoms with Gasteiger partial charge in [0.2, 0.25) is 11.8 Å². The molecule has 8 aromatic rings. The molecule has 6 aromatic heterocycles. The second-order valence-electron chi connectivity index (χ2n) is 20.5. The van der Waals surface area contributed by atoms with Crippen LogP contribution in [-0.2, 0) is 9.59 Å². The minimum atomic E-state index is -0.304. The smallest absolute Gasteiger partial charge is 0.260 e. The molecule has 0 bridgehead atoms. The second-order valence-corrected chi connectivity index (χ2v) is 20.5. The van der Waals surface area contributed by atoms with Crippen LogP contribution in [0.5, 0.6) is 11.5 Å². The average Bonchev–Trinajstić information content (AvgIpc) is 4.16. The molecule has 2 spiro atoms. The van der Waals surface area contributed by atoms with E-state index in [0.29, 0.717) is 57.4 Å². The summed E-state index contributed by atoms with van der Waals surface area (Å²) in [5, 5.41) is 25.8. The van der Waals surface area contributed by atoms with Crippen molar-refractivity contribution in [3.05, 3.63) is 96.8 Å². The third-order valence-electron chi connectivity index (χ3n) is 15.7. The average molecular weight is 975 g/mol. The largest absolute Gasteiger partial charge is 0.496 e. The summed E-state index contributed by atoms with van der Waals surface area (Å²) < 4.78 is 18.4. The van der Waals surface area contributed by atoms with Crippen LogP contribution >= 0.6 is 0 Å². The first-order valence-corrected chi connectivity index (χ1v) is 24.6. The number of ether oxygens (including phenoxy) is 2. The Hall–Kier alpha value is -7.90. The van der Waals surface area contributed by atoms with E-state index in [1.807, 2.05) is 58.6 Å². The SMILES string of the molecule is COc1cc2nn([C@@H]3CCC4(C[C@H]3C)CN(C(C)=O)C4)cc2cc1C(=O)Nc1cnc2cccnn12.COc1cc2nn([C@@H]3CCC4(C[C@H]3C)CN(C(C)=O)C4)cc2cc1C(=O)Nc1cnc2cccnn12. The van der Waals surface area contributed by atoms with Gasteiger partial charge in [0.25, 0.3) is 11.8 Å². The van der Waals surface area contributed by atoms with Gasteiger partial charge in [-0.15, -0.1) is 0 Å². The Labute approximate surface area is 414 Å². The summed E-state index contributed by atoms with van der Waals surface area (Å²) in [4.78, 5) is 62.2. The summed E-state index contributed by atoms with van der Waals surface area (Å²) >= 11 is 0. The minimum Gasteiger partial charge on any atom is -0.496 e. The fourth-order valence-electron chi connectivity index (χ4n) is 12.0. The topological polar surface area (TPSA) is 213 Å². The van der Waals surface area contributed by atoms with Crippen LogP contribution in [0.2, 0.25) is 0 Å². The van der Waals surface area contributed by atoms with Crippen LogP contribution in [0, 0.1) is 22.7 Å². The van der Waals surface area contributed by atoms with Crippen molar-refractivity contribution in [2.75, 3.05) is 51.0 Å². The van der Waals surface area contributed by atoms with Gasteiger partial charge in [-0.1, -0.05) is 13.8 Å². The fourth-order valence-corrected chi connectivity index (χ4v) is 12.0. The zero-order chi connectivity index (χ0) is 50.1. The number of amides is 4. The summed E-state index contributed by atoms with van der Waals surface area (Å²) in [6.07, 6.45) is 16.9. The van der Waals surface area contributed by atoms with E-state index in [1.54, 1.807) is 74.0 Å². The van der Waals surface area contributed by atoms with Crippen molar-refractivity contribution >= 4 is 68.4 Å². The first-order valence-electron chi connectivity index (χ1n) is 24.6. The third kappa shape index (κ3) is 8.40. The number of carbonyl (C=O) groups is 4. The van der Waals surface area contributed by atoms with Gasteiger partial charge in [-0.3, -0.25) is 28.5 Å². The standard InChI is InChI=1S/2C26H29N7O3/c2*1-16-11-26(14-31(15-26)17(2)34)7-6-21(16)32-13-18-9-19(22(36-3)10-20(18)30-32)25(35)29-24-12-27-23-5-4-8-28-33(23)24/h2*4-5,8-10,12-13,16,21H,6-7,11,14-15H2,1-3H3,(H,29,35)/t2*16-,21-/m11/s1. The van der Waals surface area contributed by atoms with Gasteiger partial charge in [0.1, 0.15) is 11.5 Å². The van der Waals surface area contributed by atoms with Crippen molar-refractivity contribution in [2.45, 2.75) is 78.3 Å². The van der Waals surface area contributed by atoms with Gasteiger partial charge < -0.3 is 29.9 Å². The maximum absolute atomic E-state index is 13.2. The summed E-state index contributed by atoms with van der Waals surface area (Å²) in [6.45, 7) is 11.3. The maximum atomic E-state index is 13.2. The predicted octanol–water partition coefficient (Wildman–Crippen LogP) is 7.10. The van der Waals surface area contributed by atoms with Gasteiger partial charge in [0.15, 0.2) is 22.9 Å². The highest BCUT2D eigenvalue weighted by atomic mass is 16.5. The number of likely N-dealkylation sites (tertiary alicyclic amines) is 2. The molecule has 4 fully saturated rings. The van der Waals surface area contributed by atoms with Crippen LogP contribution in [-0.4, -0.2) is 123 Å². The first-order chi connectivity index (χ1) is 34.7. The molecule has 2 aliphatic carbocycles. The molecule has 12 rings (SSSR count). The number of imidazole rings is 2. The van der Waals surface area contributed by atoms with E-state index in [-0.39, 0.29) is 46.5 Å². The molecule has 2 saturated heterocycles. The van der Waals surface area contributed by atoms with Crippen LogP contribution in [0.1, 0.15) is 99.0 Å². The van der Waals surface area contributed by atoms with Gasteiger partial charge in [-0.05, 0) is 86.8 Å². The van der Waals surface area contributed by atoms with E-state index >= 15 is 0 Å². The number of hydrogen-bond acceptors (Lipinski definition) is 12. The molecule has 4 aliphatic rings. The Morgan fingerprint density at radius 1 is 0.625 bits per heavy atom. The van der Waals surface area contributed by atoms with E-state index in [2.05, 4.69) is 54.0 Å². The van der Waals surface area contributed by atoms with Gasteiger partial charge >= 0.3 is 0 Å². The Morgan fingerprint density at radius 3 is 1.42 bits per heavy atom. The molecule has 20 heteroatoms. The molecule has 0 radical (unpaired) electrons. The molecule has 2 aromatic carbocycles. The molecule has 4 amide bonds. The van der Waals surface area contributed by atoms with Gasteiger partial charge in [0.05, 0.1) is 60.9 Å². The Balaban J connectivity index is 0.000000156. The maximum Gasteiger partial charge on any atom is 0.260 e. The number of carbonyl (C=O) groups excluding carboxylic acids is 4. The lowest BCUT2D eigenvalue weighted by Crippen LogP contribution is -2.60. The van der Waals surface area contributed by atoms with E-state index in [4.69, 9.17) is 19.7 Å². The highest BCUT2D eigenvalue weighted by Gasteiger charge is 2.50. The summed E-state index contributed by atoms with van der Waals surface area (Å²) in [5.74, 6) is 2.49. The first kappa shape index (κ1) is 46.5. The number of benzene rings is 2. The third-order valence-corrected chi connectivity index (χ3v) is 15.7. The van der Waals surface area contributed by atoms with Crippen molar-refractivity contribution in [1.29, 1.82) is 0 Å². The Bertz CT molecular complexity index is 3190. The molecule has 2 N–H and O–H groups in total. The molecule has 8 heterocycles. The van der Waals surface area contributed by atoms with Gasteiger partial charge in [0, 0.05) is 98.5 Å². The van der Waals surface area contributed by atoms with Crippen molar-refractivity contribution in [3.63, 3.8) is 0 Å². The quantitative estimate of drug-likeness (QED) is 0.156. The van der Waals surface area contributed by atoms with Gasteiger partial charge in [-0.2, -0.15) is 29.4 Å². The number of rotatable bonds is 8. The molecule has 2 aliphatic heterocycles. The zero-order valence-corrected chi connectivity index (χ0v) is 41.3. The Morgan fingerprint density at radius 2 is 1.04 bits per heavy atom. The monoisotopic (exact) mass is 974 g/mol. The summed E-state index contributed by atoms with van der Waals surface area (Å²) in [7, 11) is 3.10. The number of methoxy groups -OCH3 is 2. The number of nitrogens with one attached hydrogen (secondary N) is 2. The number of anilines is 2. The second kappa shape index (κ2) is 18.1. The summed E-state index contributed by atoms with van der Waals surface area (Å²) in [6, 6.07) is 15.1. The lowest BCUT2D eigenvalue weighted by atomic mass is 9.64. The zero-order valence-electron chi connectivity index (χ0n) is 41.3. The molecule has 4 atom stereocenters. The minimum absolute atomic E-state index is 0.167. The molecular formula is C52H58N14O6. The molecule has 2 saturated carbocycles. The van der Waals surface area contributed by atoms with Crippen molar-refractivity contribution in [1.82, 2.24) is 58.6 Å². The van der Waals surface area contributed by atoms with Crippen LogP contribution in [0.4, 0.5) is 11.6 Å². The predicted molar refractivity (Wildman–Crippen MR) is 268 cm³/mol. The lowest BCUT2D eigenvalue weighted by molar-refractivity contribution is -0.145. The molecule has 72 heavy (non-hydrogen) atoms. The van der Waals surface area contributed by atoms with Gasteiger partial charge in [-0.25, -0.2) is 9.97 Å². The van der Waals surface area contributed by atoms with Crippen molar-refractivity contribution < 1.29 is 28.7 Å². The number of fused-ring (bicyclic) bond motifs is 4.